The van der Waals surface area contributed by atoms with Crippen molar-refractivity contribution in [1.82, 2.24) is 4.90 Å². The third-order valence-electron chi connectivity index (χ3n) is 2.00. The maximum atomic E-state index is 11.3. The van der Waals surface area contributed by atoms with Crippen LogP contribution in [0.15, 0.2) is 0 Å². The van der Waals surface area contributed by atoms with E-state index in [9.17, 15) is 9.59 Å². The molecule has 1 aliphatic heterocycles. The van der Waals surface area contributed by atoms with Crippen LogP contribution in [0.4, 0.5) is 0 Å². The van der Waals surface area contributed by atoms with Gasteiger partial charge in [-0.1, -0.05) is 0 Å². The number of carboxylic acid groups (broad SMARTS) is 1. The van der Waals surface area contributed by atoms with Crippen LogP contribution in [0.2, 0.25) is 0 Å². The van der Waals surface area contributed by atoms with Crippen molar-refractivity contribution in [2.24, 2.45) is 0 Å². The molecule has 0 aliphatic carbocycles. The number of carbonyl (C=O) groups is 2. The number of rotatable bonds is 3. The molecule has 4 nitrogen and oxygen atoms in total. The van der Waals surface area contributed by atoms with Gasteiger partial charge < -0.3 is 10.0 Å². The Bertz CT molecular complexity index is 219. The van der Waals surface area contributed by atoms with Crippen LogP contribution in [-0.2, 0) is 9.59 Å². The Morgan fingerprint density at radius 1 is 1.77 bits per heavy atom. The number of hydrogen-bond donors (Lipinski definition) is 1. The summed E-state index contributed by atoms with van der Waals surface area (Å²) in [5.41, 5.74) is 0. The molecule has 1 fully saturated rings. The molecule has 74 valence electrons. The van der Waals surface area contributed by atoms with E-state index in [1.807, 2.05) is 6.92 Å². The number of carbonyl (C=O) groups excluding carboxylic acids is 1. The second-order valence-corrected chi connectivity index (χ2v) is 4.13. The molecule has 1 rings (SSSR count). The fraction of sp³-hybridized carbons (Fsp3) is 0.750. The first kappa shape index (κ1) is 10.4. The van der Waals surface area contributed by atoms with Crippen molar-refractivity contribution >= 4 is 23.6 Å². The number of thioether (sulfide) groups is 1. The summed E-state index contributed by atoms with van der Waals surface area (Å²) in [5.74, 6) is 0.609. The Balaban J connectivity index is 2.44. The number of hydrogen-bond acceptors (Lipinski definition) is 3. The Morgan fingerprint density at radius 2 is 2.46 bits per heavy atom. The van der Waals surface area contributed by atoms with E-state index in [-0.39, 0.29) is 18.4 Å². The van der Waals surface area contributed by atoms with Gasteiger partial charge in [0.05, 0.1) is 12.2 Å². The summed E-state index contributed by atoms with van der Waals surface area (Å²) in [6, 6.07) is 0.172. The second-order valence-electron chi connectivity index (χ2n) is 3.10. The number of carboxylic acids is 1. The summed E-state index contributed by atoms with van der Waals surface area (Å²) in [7, 11) is 0. The fourth-order valence-electron chi connectivity index (χ4n) is 1.30. The molecule has 13 heavy (non-hydrogen) atoms. The van der Waals surface area contributed by atoms with Crippen LogP contribution in [0, 0.1) is 0 Å². The van der Waals surface area contributed by atoms with E-state index in [2.05, 4.69) is 0 Å². The summed E-state index contributed by atoms with van der Waals surface area (Å²) < 4.78 is 0. The van der Waals surface area contributed by atoms with Crippen molar-refractivity contribution in [1.29, 1.82) is 0 Å². The van der Waals surface area contributed by atoms with Gasteiger partial charge in [-0.25, -0.2) is 0 Å². The van der Waals surface area contributed by atoms with Gasteiger partial charge in [-0.05, 0) is 6.92 Å². The van der Waals surface area contributed by atoms with Crippen LogP contribution in [-0.4, -0.2) is 46.0 Å². The van der Waals surface area contributed by atoms with Crippen molar-refractivity contribution in [2.75, 3.05) is 18.1 Å². The van der Waals surface area contributed by atoms with Gasteiger partial charge in [-0.15, -0.1) is 11.8 Å². The maximum absolute atomic E-state index is 11.3. The minimum Gasteiger partial charge on any atom is -0.481 e. The maximum Gasteiger partial charge on any atom is 0.305 e. The van der Waals surface area contributed by atoms with E-state index in [4.69, 9.17) is 5.11 Å². The van der Waals surface area contributed by atoms with Crippen LogP contribution in [0.1, 0.15) is 13.3 Å². The van der Waals surface area contributed by atoms with Crippen molar-refractivity contribution in [3.05, 3.63) is 0 Å². The Hall–Kier alpha value is -0.710. The van der Waals surface area contributed by atoms with Crippen LogP contribution in [0.5, 0.6) is 0 Å². The number of nitrogens with zero attached hydrogens (tertiary/aromatic N) is 1. The van der Waals surface area contributed by atoms with Crippen molar-refractivity contribution in [3.63, 3.8) is 0 Å². The van der Waals surface area contributed by atoms with Gasteiger partial charge in [0.15, 0.2) is 0 Å². The lowest BCUT2D eigenvalue weighted by molar-refractivity contribution is -0.138. The average molecular weight is 203 g/mol. The standard InChI is InChI=1S/C8H13NO3S/c1-6-4-13-5-7(10)9(6)3-2-8(11)12/h6H,2-5H2,1H3,(H,11,12). The summed E-state index contributed by atoms with van der Waals surface area (Å²) >= 11 is 1.61. The summed E-state index contributed by atoms with van der Waals surface area (Å²) in [5, 5.41) is 8.47. The van der Waals surface area contributed by atoms with Crippen molar-refractivity contribution in [2.45, 2.75) is 19.4 Å². The van der Waals surface area contributed by atoms with E-state index >= 15 is 0 Å². The van der Waals surface area contributed by atoms with E-state index in [1.54, 1.807) is 16.7 Å². The second kappa shape index (κ2) is 4.50. The molecule has 1 heterocycles. The zero-order valence-electron chi connectivity index (χ0n) is 7.52. The molecule has 5 heteroatoms. The zero-order valence-corrected chi connectivity index (χ0v) is 8.34. The highest BCUT2D eigenvalue weighted by atomic mass is 32.2. The van der Waals surface area contributed by atoms with Gasteiger partial charge in [0.2, 0.25) is 5.91 Å². The van der Waals surface area contributed by atoms with Crippen LogP contribution >= 0.6 is 11.8 Å². The molecule has 1 atom stereocenters. The summed E-state index contributed by atoms with van der Waals surface area (Å²) in [6.07, 6.45) is 0.0424. The first-order valence-electron chi connectivity index (χ1n) is 4.20. The van der Waals surface area contributed by atoms with E-state index < -0.39 is 5.97 Å². The predicted octanol–water partition coefficient (Wildman–Crippen LogP) is 0.425. The minimum atomic E-state index is -0.849. The average Bonchev–Trinajstić information content (AvgIpc) is 2.03. The SMILES string of the molecule is CC1CSCC(=O)N1CCC(=O)O. The number of aliphatic carboxylic acids is 1. The van der Waals surface area contributed by atoms with Gasteiger partial charge in [0.25, 0.3) is 0 Å². The molecule has 0 spiro atoms. The van der Waals surface area contributed by atoms with Crippen molar-refractivity contribution < 1.29 is 14.7 Å². The molecule has 0 aromatic heterocycles. The van der Waals surface area contributed by atoms with Gasteiger partial charge >= 0.3 is 5.97 Å². The minimum absolute atomic E-state index is 0.0424. The molecule has 1 unspecified atom stereocenters. The van der Waals surface area contributed by atoms with E-state index in [0.717, 1.165) is 5.75 Å². The van der Waals surface area contributed by atoms with E-state index in [0.29, 0.717) is 12.3 Å². The lowest BCUT2D eigenvalue weighted by Gasteiger charge is -2.32. The lowest BCUT2D eigenvalue weighted by atomic mass is 10.2. The van der Waals surface area contributed by atoms with Gasteiger partial charge in [0, 0.05) is 18.3 Å². The normalized spacial score (nSPS) is 23.3. The third kappa shape index (κ3) is 2.91. The Morgan fingerprint density at radius 3 is 3.00 bits per heavy atom. The topological polar surface area (TPSA) is 57.6 Å². The van der Waals surface area contributed by atoms with Crippen LogP contribution < -0.4 is 0 Å². The van der Waals surface area contributed by atoms with E-state index in [1.165, 1.54) is 0 Å². The molecule has 0 radical (unpaired) electrons. The van der Waals surface area contributed by atoms with Crippen LogP contribution in [0.25, 0.3) is 0 Å². The van der Waals surface area contributed by atoms with Crippen LogP contribution in [0.3, 0.4) is 0 Å². The Labute approximate surface area is 81.3 Å². The zero-order chi connectivity index (χ0) is 9.84. The molecule has 1 N–H and O–H groups in total. The highest BCUT2D eigenvalue weighted by molar-refractivity contribution is 8.00. The molecular formula is C8H13NO3S. The highest BCUT2D eigenvalue weighted by Gasteiger charge is 2.24. The predicted molar refractivity (Wildman–Crippen MR) is 50.8 cm³/mol. The first-order chi connectivity index (χ1) is 6.11. The third-order valence-corrected chi connectivity index (χ3v) is 3.17. The van der Waals surface area contributed by atoms with Gasteiger partial charge in [-0.3, -0.25) is 9.59 Å². The van der Waals surface area contributed by atoms with Gasteiger partial charge in [-0.2, -0.15) is 0 Å². The number of amides is 1. The smallest absolute Gasteiger partial charge is 0.305 e. The fourth-order valence-corrected chi connectivity index (χ4v) is 2.28. The monoisotopic (exact) mass is 203 g/mol. The molecule has 1 amide bonds. The molecule has 1 saturated heterocycles. The lowest BCUT2D eigenvalue weighted by Crippen LogP contribution is -2.45. The first-order valence-corrected chi connectivity index (χ1v) is 5.35. The quantitative estimate of drug-likeness (QED) is 0.722. The molecule has 0 aromatic carbocycles. The molecule has 1 aliphatic rings. The molecule has 0 saturated carbocycles. The van der Waals surface area contributed by atoms with Gasteiger partial charge in [0.1, 0.15) is 0 Å². The highest BCUT2D eigenvalue weighted by Crippen LogP contribution is 2.17. The largest absolute Gasteiger partial charge is 0.481 e. The molecule has 0 bridgehead atoms. The molecular weight excluding hydrogens is 190 g/mol. The molecule has 0 aromatic rings. The Kier molecular flexibility index (Phi) is 3.59. The summed E-state index contributed by atoms with van der Waals surface area (Å²) in [6.45, 7) is 2.29. The summed E-state index contributed by atoms with van der Waals surface area (Å²) in [4.78, 5) is 23.3. The van der Waals surface area contributed by atoms with Crippen molar-refractivity contribution in [3.8, 4) is 0 Å².